The van der Waals surface area contributed by atoms with Crippen LogP contribution < -0.4 is 5.32 Å². The molecule has 2 rings (SSSR count). The van der Waals surface area contributed by atoms with Gasteiger partial charge in [-0.3, -0.25) is 14.9 Å². The molecule has 0 spiro atoms. The Kier molecular flexibility index (Phi) is 4.14. The first-order chi connectivity index (χ1) is 9.47. The maximum Gasteiger partial charge on any atom is 0.269 e. The van der Waals surface area contributed by atoms with Gasteiger partial charge in [-0.05, 0) is 31.5 Å². The smallest absolute Gasteiger partial charge is 0.269 e. The summed E-state index contributed by atoms with van der Waals surface area (Å²) in [7, 11) is 0. The summed E-state index contributed by atoms with van der Waals surface area (Å²) < 4.78 is 0. The van der Waals surface area contributed by atoms with Crippen LogP contribution in [0.1, 0.15) is 19.4 Å². The van der Waals surface area contributed by atoms with Gasteiger partial charge in [0.05, 0.1) is 15.9 Å². The number of nitrogens with one attached hydrogen (secondary N) is 1. The van der Waals surface area contributed by atoms with E-state index in [1.807, 2.05) is 0 Å². The second-order valence-electron chi connectivity index (χ2n) is 4.14. The monoisotopic (exact) mass is 292 g/mol. The van der Waals surface area contributed by atoms with Crippen molar-refractivity contribution >= 4 is 34.2 Å². The number of thioether (sulfide) groups is 1. The average Bonchev–Trinajstić information content (AvgIpc) is 2.75. The van der Waals surface area contributed by atoms with E-state index in [-0.39, 0.29) is 16.8 Å². The molecule has 104 valence electrons. The Morgan fingerprint density at radius 1 is 1.40 bits per heavy atom. The lowest BCUT2D eigenvalue weighted by atomic mass is 10.1. The number of hydrogen-bond donors (Lipinski definition) is 1. The molecule has 1 heterocycles. The van der Waals surface area contributed by atoms with Crippen molar-refractivity contribution in [3.8, 4) is 0 Å². The molecular formula is C12H12N4O3S. The van der Waals surface area contributed by atoms with E-state index < -0.39 is 4.92 Å². The van der Waals surface area contributed by atoms with E-state index in [0.717, 1.165) is 5.56 Å². The van der Waals surface area contributed by atoms with Crippen LogP contribution in [-0.4, -0.2) is 27.0 Å². The maximum absolute atomic E-state index is 11.3. The number of amidine groups is 1. The SMILES string of the molecule is CC(=NN=C1NC(=O)[C@H](C)S1)c1ccc([N+](=O)[O-])cc1. The fraction of sp³-hybridized carbons (Fsp3) is 0.250. The first-order valence-electron chi connectivity index (χ1n) is 5.82. The molecule has 0 radical (unpaired) electrons. The van der Waals surface area contributed by atoms with Crippen molar-refractivity contribution in [1.29, 1.82) is 0 Å². The number of nitrogens with zero attached hydrogens (tertiary/aromatic N) is 3. The van der Waals surface area contributed by atoms with Crippen molar-refractivity contribution in [2.24, 2.45) is 10.2 Å². The minimum atomic E-state index is -0.456. The second kappa shape index (κ2) is 5.83. The fourth-order valence-electron chi connectivity index (χ4n) is 1.51. The van der Waals surface area contributed by atoms with E-state index in [9.17, 15) is 14.9 Å². The predicted octanol–water partition coefficient (Wildman–Crippen LogP) is 1.93. The molecule has 1 aliphatic rings. The van der Waals surface area contributed by atoms with Gasteiger partial charge in [-0.2, -0.15) is 5.10 Å². The first kappa shape index (κ1) is 14.2. The standard InChI is InChI=1S/C12H12N4O3S/c1-7(9-3-5-10(6-4-9)16(18)19)14-15-12-13-11(17)8(2)20-12/h3-6,8H,1-2H3,(H,13,15,17)/t8-/m0/s1. The van der Waals surface area contributed by atoms with Crippen LogP contribution in [0.25, 0.3) is 0 Å². The van der Waals surface area contributed by atoms with Crippen LogP contribution in [0, 0.1) is 10.1 Å². The highest BCUT2D eigenvalue weighted by molar-refractivity contribution is 8.15. The average molecular weight is 292 g/mol. The third-order valence-corrected chi connectivity index (χ3v) is 3.65. The molecule has 8 heteroatoms. The summed E-state index contributed by atoms with van der Waals surface area (Å²) in [6, 6.07) is 6.05. The van der Waals surface area contributed by atoms with Gasteiger partial charge in [0, 0.05) is 12.1 Å². The molecule has 1 aliphatic heterocycles. The van der Waals surface area contributed by atoms with Gasteiger partial charge in [-0.25, -0.2) is 0 Å². The molecule has 0 saturated carbocycles. The van der Waals surface area contributed by atoms with Crippen molar-refractivity contribution in [2.75, 3.05) is 0 Å². The third kappa shape index (κ3) is 3.21. The summed E-state index contributed by atoms with van der Waals surface area (Å²) in [5.41, 5.74) is 1.38. The molecule has 1 aromatic carbocycles. The molecule has 1 saturated heterocycles. The van der Waals surface area contributed by atoms with Gasteiger partial charge in [0.15, 0.2) is 5.17 Å². The fourth-order valence-corrected chi connectivity index (χ4v) is 2.26. The zero-order chi connectivity index (χ0) is 14.7. The number of non-ortho nitro benzene ring substituents is 1. The minimum Gasteiger partial charge on any atom is -0.303 e. The Hall–Kier alpha value is -2.22. The van der Waals surface area contributed by atoms with Gasteiger partial charge < -0.3 is 5.32 Å². The van der Waals surface area contributed by atoms with Crippen LogP contribution in [0.2, 0.25) is 0 Å². The Labute approximate surface area is 119 Å². The van der Waals surface area contributed by atoms with Gasteiger partial charge in [0.1, 0.15) is 0 Å². The minimum absolute atomic E-state index is 0.0281. The van der Waals surface area contributed by atoms with E-state index in [0.29, 0.717) is 10.9 Å². The van der Waals surface area contributed by atoms with Crippen LogP contribution in [0.15, 0.2) is 34.5 Å². The summed E-state index contributed by atoms with van der Waals surface area (Å²) in [6.07, 6.45) is 0. The second-order valence-corrected chi connectivity index (χ2v) is 5.47. The molecule has 1 atom stereocenters. The highest BCUT2D eigenvalue weighted by atomic mass is 32.2. The van der Waals surface area contributed by atoms with Crippen LogP contribution >= 0.6 is 11.8 Å². The van der Waals surface area contributed by atoms with E-state index in [1.165, 1.54) is 23.9 Å². The van der Waals surface area contributed by atoms with Gasteiger partial charge >= 0.3 is 0 Å². The molecule has 0 bridgehead atoms. The number of hydrogen-bond acceptors (Lipinski definition) is 6. The van der Waals surface area contributed by atoms with E-state index in [4.69, 9.17) is 0 Å². The quantitative estimate of drug-likeness (QED) is 0.523. The number of carbonyl (C=O) groups excluding carboxylic acids is 1. The Morgan fingerprint density at radius 2 is 2.05 bits per heavy atom. The van der Waals surface area contributed by atoms with Crippen LogP contribution in [0.4, 0.5) is 5.69 Å². The molecule has 20 heavy (non-hydrogen) atoms. The molecule has 1 amide bonds. The van der Waals surface area contributed by atoms with Crippen LogP contribution in [0.5, 0.6) is 0 Å². The van der Waals surface area contributed by atoms with Crippen molar-refractivity contribution in [3.63, 3.8) is 0 Å². The Morgan fingerprint density at radius 3 is 2.55 bits per heavy atom. The molecular weight excluding hydrogens is 280 g/mol. The molecule has 0 unspecified atom stereocenters. The highest BCUT2D eigenvalue weighted by Crippen LogP contribution is 2.18. The normalized spacial score (nSPS) is 21.1. The number of nitro benzene ring substituents is 1. The Balaban J connectivity index is 2.13. The zero-order valence-electron chi connectivity index (χ0n) is 10.9. The number of benzene rings is 1. The number of rotatable bonds is 3. The summed E-state index contributed by atoms with van der Waals surface area (Å²) in [4.78, 5) is 21.4. The topological polar surface area (TPSA) is 97.0 Å². The summed E-state index contributed by atoms with van der Waals surface area (Å²) in [6.45, 7) is 3.53. The molecule has 7 nitrogen and oxygen atoms in total. The van der Waals surface area contributed by atoms with Crippen molar-refractivity contribution < 1.29 is 9.72 Å². The maximum atomic E-state index is 11.3. The van der Waals surface area contributed by atoms with Crippen molar-refractivity contribution in [3.05, 3.63) is 39.9 Å². The van der Waals surface area contributed by atoms with Crippen LogP contribution in [-0.2, 0) is 4.79 Å². The van der Waals surface area contributed by atoms with E-state index >= 15 is 0 Å². The number of amides is 1. The van der Waals surface area contributed by atoms with Gasteiger partial charge in [-0.1, -0.05) is 11.8 Å². The molecule has 0 aliphatic carbocycles. The van der Waals surface area contributed by atoms with Crippen molar-refractivity contribution in [2.45, 2.75) is 19.1 Å². The van der Waals surface area contributed by atoms with Gasteiger partial charge in [0.2, 0.25) is 5.91 Å². The predicted molar refractivity (Wildman–Crippen MR) is 77.9 cm³/mol. The van der Waals surface area contributed by atoms with Gasteiger partial charge in [-0.15, -0.1) is 5.10 Å². The first-order valence-corrected chi connectivity index (χ1v) is 6.70. The van der Waals surface area contributed by atoms with E-state index in [1.54, 1.807) is 26.0 Å². The largest absolute Gasteiger partial charge is 0.303 e. The molecule has 1 fully saturated rings. The zero-order valence-corrected chi connectivity index (χ0v) is 11.7. The molecule has 1 aromatic rings. The van der Waals surface area contributed by atoms with E-state index in [2.05, 4.69) is 15.5 Å². The van der Waals surface area contributed by atoms with Crippen LogP contribution in [0.3, 0.4) is 0 Å². The highest BCUT2D eigenvalue weighted by Gasteiger charge is 2.25. The summed E-state index contributed by atoms with van der Waals surface area (Å²) in [5, 5.41) is 21.4. The third-order valence-electron chi connectivity index (χ3n) is 2.67. The number of nitro groups is 1. The lowest BCUT2D eigenvalue weighted by Gasteiger charge is -1.98. The molecule has 0 aromatic heterocycles. The van der Waals surface area contributed by atoms with Gasteiger partial charge in [0.25, 0.3) is 5.69 Å². The lowest BCUT2D eigenvalue weighted by Crippen LogP contribution is -2.23. The Bertz CT molecular complexity index is 610. The lowest BCUT2D eigenvalue weighted by molar-refractivity contribution is -0.384. The summed E-state index contributed by atoms with van der Waals surface area (Å²) in [5.74, 6) is -0.0862. The summed E-state index contributed by atoms with van der Waals surface area (Å²) >= 11 is 1.31. The number of carbonyl (C=O) groups is 1. The van der Waals surface area contributed by atoms with Crippen molar-refractivity contribution in [1.82, 2.24) is 5.32 Å². The molecule has 1 N–H and O–H groups in total.